The molecule has 7 heteroatoms. The molecule has 0 fully saturated rings. The number of aromatic nitrogens is 1. The number of anilines is 1. The van der Waals surface area contributed by atoms with Gasteiger partial charge in [0, 0.05) is 35.4 Å². The smallest absolute Gasteiger partial charge is 0.313 e. The number of fused-ring (bicyclic) bond motifs is 1. The molecule has 3 rings (SSSR count). The maximum absolute atomic E-state index is 12.2. The zero-order chi connectivity index (χ0) is 22.2. The summed E-state index contributed by atoms with van der Waals surface area (Å²) in [5.41, 5.74) is 3.85. The molecule has 0 spiro atoms. The molecule has 0 aliphatic carbocycles. The number of hydrogen-bond donors (Lipinski definition) is 3. The Morgan fingerprint density at radius 3 is 2.52 bits per heavy atom. The standard InChI is InChI=1S/C24H30N4O3/c1-17-20(21-7-4-5-8-22(21)26-17)13-14-25-23(29)24(30)27-18-9-11-19(12-10-18)31-16-6-15-28(2)3/h4-5,7-12,26H,6,13-16H2,1-3H3,(H,25,29)(H,27,30). The summed E-state index contributed by atoms with van der Waals surface area (Å²) in [5.74, 6) is -0.605. The van der Waals surface area contributed by atoms with Crippen molar-refractivity contribution in [3.05, 3.63) is 59.8 Å². The summed E-state index contributed by atoms with van der Waals surface area (Å²) in [4.78, 5) is 29.8. The van der Waals surface area contributed by atoms with Crippen molar-refractivity contribution < 1.29 is 14.3 Å². The van der Waals surface area contributed by atoms with E-state index in [9.17, 15) is 9.59 Å². The number of nitrogens with one attached hydrogen (secondary N) is 3. The highest BCUT2D eigenvalue weighted by molar-refractivity contribution is 6.39. The van der Waals surface area contributed by atoms with Crippen molar-refractivity contribution >= 4 is 28.4 Å². The van der Waals surface area contributed by atoms with Crippen LogP contribution in [0.5, 0.6) is 5.75 Å². The number of H-pyrrole nitrogens is 1. The SMILES string of the molecule is Cc1[nH]c2ccccc2c1CCNC(=O)C(=O)Nc1ccc(OCCCN(C)C)cc1. The third-order valence-electron chi connectivity index (χ3n) is 5.02. The van der Waals surface area contributed by atoms with Gasteiger partial charge in [-0.2, -0.15) is 0 Å². The molecular weight excluding hydrogens is 392 g/mol. The van der Waals surface area contributed by atoms with Crippen LogP contribution in [0.2, 0.25) is 0 Å². The van der Waals surface area contributed by atoms with Gasteiger partial charge in [0.25, 0.3) is 0 Å². The molecule has 0 saturated carbocycles. The molecule has 0 aliphatic rings. The van der Waals surface area contributed by atoms with Gasteiger partial charge in [-0.1, -0.05) is 18.2 Å². The molecule has 164 valence electrons. The van der Waals surface area contributed by atoms with Crippen LogP contribution in [-0.4, -0.2) is 55.5 Å². The van der Waals surface area contributed by atoms with Crippen LogP contribution in [0.15, 0.2) is 48.5 Å². The van der Waals surface area contributed by atoms with E-state index in [-0.39, 0.29) is 0 Å². The predicted molar refractivity (Wildman–Crippen MR) is 123 cm³/mol. The minimum absolute atomic E-state index is 0.384. The third-order valence-corrected chi connectivity index (χ3v) is 5.02. The molecule has 0 aliphatic heterocycles. The third kappa shape index (κ3) is 6.33. The number of benzene rings is 2. The van der Waals surface area contributed by atoms with Crippen molar-refractivity contribution in [2.24, 2.45) is 0 Å². The van der Waals surface area contributed by atoms with E-state index in [2.05, 4.69) is 26.6 Å². The lowest BCUT2D eigenvalue weighted by Gasteiger charge is -2.11. The minimum Gasteiger partial charge on any atom is -0.494 e. The fraction of sp³-hybridized carbons (Fsp3) is 0.333. The zero-order valence-electron chi connectivity index (χ0n) is 18.3. The van der Waals surface area contributed by atoms with Crippen LogP contribution in [-0.2, 0) is 16.0 Å². The number of carbonyl (C=O) groups is 2. The zero-order valence-corrected chi connectivity index (χ0v) is 18.3. The molecule has 0 saturated heterocycles. The van der Waals surface area contributed by atoms with Crippen LogP contribution in [0.25, 0.3) is 10.9 Å². The number of carbonyl (C=O) groups excluding carboxylic acids is 2. The summed E-state index contributed by atoms with van der Waals surface area (Å²) in [6.07, 6.45) is 1.58. The second-order valence-electron chi connectivity index (χ2n) is 7.76. The van der Waals surface area contributed by atoms with Gasteiger partial charge in [-0.25, -0.2) is 0 Å². The lowest BCUT2D eigenvalue weighted by molar-refractivity contribution is -0.136. The molecule has 0 atom stereocenters. The Hall–Kier alpha value is -3.32. The Morgan fingerprint density at radius 2 is 1.77 bits per heavy atom. The number of rotatable bonds is 9. The average molecular weight is 423 g/mol. The fourth-order valence-electron chi connectivity index (χ4n) is 3.43. The Balaban J connectivity index is 1.44. The van der Waals surface area contributed by atoms with Gasteiger partial charge in [-0.3, -0.25) is 9.59 Å². The van der Waals surface area contributed by atoms with E-state index in [0.717, 1.165) is 40.9 Å². The first-order chi connectivity index (χ1) is 14.9. The first-order valence-electron chi connectivity index (χ1n) is 10.5. The van der Waals surface area contributed by atoms with Crippen LogP contribution >= 0.6 is 0 Å². The average Bonchev–Trinajstić information content (AvgIpc) is 3.07. The van der Waals surface area contributed by atoms with Gasteiger partial charge in [0.2, 0.25) is 0 Å². The highest BCUT2D eigenvalue weighted by Crippen LogP contribution is 2.22. The maximum Gasteiger partial charge on any atom is 0.313 e. The Bertz CT molecular complexity index is 1020. The van der Waals surface area contributed by atoms with Gasteiger partial charge in [-0.15, -0.1) is 0 Å². The van der Waals surface area contributed by atoms with E-state index in [4.69, 9.17) is 4.74 Å². The van der Waals surface area contributed by atoms with Crippen LogP contribution in [0.4, 0.5) is 5.69 Å². The normalized spacial score (nSPS) is 11.0. The number of hydrogen-bond acceptors (Lipinski definition) is 4. The number of amides is 2. The fourth-order valence-corrected chi connectivity index (χ4v) is 3.43. The van der Waals surface area contributed by atoms with Crippen LogP contribution < -0.4 is 15.4 Å². The van der Waals surface area contributed by atoms with Crippen molar-refractivity contribution in [2.45, 2.75) is 19.8 Å². The lowest BCUT2D eigenvalue weighted by atomic mass is 10.1. The summed E-state index contributed by atoms with van der Waals surface area (Å²) in [5, 5.41) is 6.45. The molecule has 0 unspecified atom stereocenters. The van der Waals surface area contributed by atoms with Crippen molar-refractivity contribution in [3.63, 3.8) is 0 Å². The highest BCUT2D eigenvalue weighted by Gasteiger charge is 2.14. The van der Waals surface area contributed by atoms with Crippen molar-refractivity contribution in [1.82, 2.24) is 15.2 Å². The minimum atomic E-state index is -0.685. The molecule has 0 radical (unpaired) electrons. The molecule has 1 heterocycles. The van der Waals surface area contributed by atoms with E-state index >= 15 is 0 Å². The number of aryl methyl sites for hydroxylation is 1. The number of para-hydroxylation sites is 1. The summed E-state index contributed by atoms with van der Waals surface area (Å²) in [6.45, 7) is 3.99. The van der Waals surface area contributed by atoms with Gasteiger partial charge in [0.15, 0.2) is 0 Å². The van der Waals surface area contributed by atoms with Crippen molar-refractivity contribution in [2.75, 3.05) is 39.1 Å². The number of nitrogens with zero attached hydrogens (tertiary/aromatic N) is 1. The van der Waals surface area contributed by atoms with Gasteiger partial charge in [0.1, 0.15) is 5.75 Å². The molecule has 31 heavy (non-hydrogen) atoms. The lowest BCUT2D eigenvalue weighted by Crippen LogP contribution is -2.36. The molecule has 0 bridgehead atoms. The number of aromatic amines is 1. The maximum atomic E-state index is 12.2. The molecule has 2 amide bonds. The van der Waals surface area contributed by atoms with E-state index in [0.29, 0.717) is 25.3 Å². The predicted octanol–water partition coefficient (Wildman–Crippen LogP) is 3.10. The van der Waals surface area contributed by atoms with Crippen LogP contribution in [0, 0.1) is 6.92 Å². The molecule has 3 N–H and O–H groups in total. The molecule has 1 aromatic heterocycles. The molecule has 7 nitrogen and oxygen atoms in total. The molecular formula is C24H30N4O3. The first kappa shape index (κ1) is 22.4. The summed E-state index contributed by atoms with van der Waals surface area (Å²) < 4.78 is 5.67. The van der Waals surface area contributed by atoms with Gasteiger partial charge < -0.3 is 25.3 Å². The van der Waals surface area contributed by atoms with Crippen molar-refractivity contribution in [3.8, 4) is 5.75 Å². The van der Waals surface area contributed by atoms with E-state index in [1.807, 2.05) is 39.2 Å². The second kappa shape index (κ2) is 10.6. The van der Waals surface area contributed by atoms with E-state index in [1.165, 1.54) is 0 Å². The second-order valence-corrected chi connectivity index (χ2v) is 7.76. The Labute approximate surface area is 182 Å². The monoisotopic (exact) mass is 422 g/mol. The topological polar surface area (TPSA) is 86.5 Å². The number of ether oxygens (including phenoxy) is 1. The van der Waals surface area contributed by atoms with Crippen LogP contribution in [0.3, 0.4) is 0 Å². The first-order valence-corrected chi connectivity index (χ1v) is 10.5. The van der Waals surface area contributed by atoms with E-state index < -0.39 is 11.8 Å². The summed E-state index contributed by atoms with van der Waals surface area (Å²) >= 11 is 0. The summed E-state index contributed by atoms with van der Waals surface area (Å²) in [7, 11) is 4.05. The van der Waals surface area contributed by atoms with Crippen LogP contribution in [0.1, 0.15) is 17.7 Å². The highest BCUT2D eigenvalue weighted by atomic mass is 16.5. The van der Waals surface area contributed by atoms with Gasteiger partial charge >= 0.3 is 11.8 Å². The van der Waals surface area contributed by atoms with Gasteiger partial charge in [-0.05, 0) is 69.8 Å². The Kier molecular flexibility index (Phi) is 7.67. The summed E-state index contributed by atoms with van der Waals surface area (Å²) in [6, 6.07) is 15.1. The van der Waals surface area contributed by atoms with Crippen molar-refractivity contribution in [1.29, 1.82) is 0 Å². The molecule has 2 aromatic carbocycles. The molecule has 3 aromatic rings. The Morgan fingerprint density at radius 1 is 1.03 bits per heavy atom. The van der Waals surface area contributed by atoms with Gasteiger partial charge in [0.05, 0.1) is 6.61 Å². The largest absolute Gasteiger partial charge is 0.494 e. The quantitative estimate of drug-likeness (QED) is 0.365. The van der Waals surface area contributed by atoms with E-state index in [1.54, 1.807) is 24.3 Å².